The van der Waals surface area contributed by atoms with Gasteiger partial charge in [0.05, 0.1) is 0 Å². The zero-order chi connectivity index (χ0) is 5.86. The van der Waals surface area contributed by atoms with Gasteiger partial charge < -0.3 is 11.7 Å². The molecule has 5 heteroatoms. The molecule has 0 amide bonds. The van der Waals surface area contributed by atoms with E-state index in [1.54, 1.807) is 0 Å². The Morgan fingerprint density at radius 3 is 2.25 bits per heavy atom. The first-order valence-electron chi connectivity index (χ1n) is 1.74. The summed E-state index contributed by atoms with van der Waals surface area (Å²) in [6.07, 6.45) is 0. The minimum absolute atomic E-state index is 0. The van der Waals surface area contributed by atoms with Gasteiger partial charge in [-0.2, -0.15) is 5.06 Å². The molecule has 0 saturated carbocycles. The van der Waals surface area contributed by atoms with Crippen LogP contribution in [-0.2, 0) is 4.79 Å². The molecule has 0 aliphatic rings. The van der Waals surface area contributed by atoms with Gasteiger partial charge in [0.15, 0.2) is 0 Å². The average Bonchev–Trinajstić information content (AvgIpc) is 1.27. The Bertz CT molecular complexity index is 79.5. The molecule has 0 aromatic carbocycles. The number of hydrogen-bond donors (Lipinski definition) is 2. The van der Waals surface area contributed by atoms with Crippen molar-refractivity contribution < 1.29 is 46.1 Å². The number of carbonyl (C=O) groups is 1. The predicted molar refractivity (Wildman–Crippen MR) is 23.2 cm³/mol. The van der Waals surface area contributed by atoms with E-state index in [1.165, 1.54) is 7.05 Å². The largest absolute Gasteiger partial charge is 1.00 e. The molecule has 0 aliphatic carbocycles. The van der Waals surface area contributed by atoms with E-state index in [2.05, 4.69) is 0 Å². The van der Waals surface area contributed by atoms with Crippen molar-refractivity contribution >= 4 is 5.97 Å². The molecule has 0 rings (SSSR count). The number of hydrogen-bond acceptors (Lipinski definition) is 3. The SMILES string of the molecule is CN(O)CC(=O)O.[H-].[Na+]. The van der Waals surface area contributed by atoms with Crippen LogP contribution in [0.15, 0.2) is 0 Å². The molecule has 0 heterocycles. The molecule has 4 nitrogen and oxygen atoms in total. The third-order valence-corrected chi connectivity index (χ3v) is 0.364. The number of nitrogens with zero attached hydrogens (tertiary/aromatic N) is 1. The van der Waals surface area contributed by atoms with Crippen molar-refractivity contribution in [2.45, 2.75) is 0 Å². The van der Waals surface area contributed by atoms with Gasteiger partial charge in [0, 0.05) is 7.05 Å². The van der Waals surface area contributed by atoms with Gasteiger partial charge in [0.1, 0.15) is 6.54 Å². The maximum Gasteiger partial charge on any atom is 1.00 e. The number of carboxylic acid groups (broad SMARTS) is 1. The molecule has 0 fully saturated rings. The molecule has 8 heavy (non-hydrogen) atoms. The van der Waals surface area contributed by atoms with Crippen LogP contribution < -0.4 is 29.6 Å². The Morgan fingerprint density at radius 2 is 2.25 bits per heavy atom. The van der Waals surface area contributed by atoms with Crippen molar-refractivity contribution in [1.29, 1.82) is 0 Å². The van der Waals surface area contributed by atoms with E-state index in [9.17, 15) is 4.79 Å². The normalized spacial score (nSPS) is 8.38. The summed E-state index contributed by atoms with van der Waals surface area (Å²) >= 11 is 0. The summed E-state index contributed by atoms with van der Waals surface area (Å²) in [5.74, 6) is -1.04. The zero-order valence-corrected chi connectivity index (χ0v) is 6.96. The minimum atomic E-state index is -1.04. The quantitative estimate of drug-likeness (QED) is 0.300. The van der Waals surface area contributed by atoms with Crippen LogP contribution in [0.5, 0.6) is 0 Å². The second kappa shape index (κ2) is 5.53. The summed E-state index contributed by atoms with van der Waals surface area (Å²) in [7, 11) is 1.27. The number of rotatable bonds is 2. The predicted octanol–water partition coefficient (Wildman–Crippen LogP) is -3.49. The number of hydroxylamine groups is 2. The Kier molecular flexibility index (Phi) is 7.75. The van der Waals surface area contributed by atoms with E-state index in [0.29, 0.717) is 5.06 Å². The molecular formula is C3H8NNaO3. The van der Waals surface area contributed by atoms with Crippen molar-refractivity contribution in [2.75, 3.05) is 13.6 Å². The molecule has 0 saturated heterocycles. The van der Waals surface area contributed by atoms with E-state index in [4.69, 9.17) is 10.3 Å². The minimum Gasteiger partial charge on any atom is -1.00 e. The summed E-state index contributed by atoms with van der Waals surface area (Å²) in [5.41, 5.74) is 0. The van der Waals surface area contributed by atoms with E-state index in [0.717, 1.165) is 0 Å². The third-order valence-electron chi connectivity index (χ3n) is 0.364. The summed E-state index contributed by atoms with van der Waals surface area (Å²) in [5, 5.41) is 16.7. The molecule has 0 aromatic rings. The fourth-order valence-corrected chi connectivity index (χ4v) is 0.196. The number of likely N-dealkylation sites (N-methyl/N-ethyl adjacent to an activating group) is 1. The number of aliphatic carboxylic acids is 1. The van der Waals surface area contributed by atoms with Gasteiger partial charge in [-0.3, -0.25) is 4.79 Å². The van der Waals surface area contributed by atoms with Gasteiger partial charge >= 0.3 is 35.5 Å². The standard InChI is InChI=1S/C3H7NO3.Na.H/c1-4(7)2-3(5)6;;/h7H,2H2,1H3,(H,5,6);;/q;+1;-1. The van der Waals surface area contributed by atoms with E-state index in [-0.39, 0.29) is 37.5 Å². The second-order valence-electron chi connectivity index (χ2n) is 1.21. The van der Waals surface area contributed by atoms with Gasteiger partial charge in [-0.25, -0.2) is 0 Å². The van der Waals surface area contributed by atoms with Crippen LogP contribution in [0.1, 0.15) is 1.43 Å². The van der Waals surface area contributed by atoms with Crippen molar-refractivity contribution in [3.8, 4) is 0 Å². The third kappa shape index (κ3) is 9.63. The van der Waals surface area contributed by atoms with Crippen LogP contribution in [0, 0.1) is 0 Å². The van der Waals surface area contributed by atoms with Crippen LogP contribution in [0.2, 0.25) is 0 Å². The topological polar surface area (TPSA) is 60.8 Å². The first-order valence-corrected chi connectivity index (χ1v) is 1.74. The van der Waals surface area contributed by atoms with Gasteiger partial charge in [0.25, 0.3) is 0 Å². The van der Waals surface area contributed by atoms with Crippen LogP contribution in [-0.4, -0.2) is 34.9 Å². The van der Waals surface area contributed by atoms with E-state index < -0.39 is 5.97 Å². The Hall–Kier alpha value is 0.390. The summed E-state index contributed by atoms with van der Waals surface area (Å²) in [6, 6.07) is 0. The monoisotopic (exact) mass is 129 g/mol. The maximum atomic E-state index is 9.61. The van der Waals surface area contributed by atoms with Crippen LogP contribution in [0.25, 0.3) is 0 Å². The van der Waals surface area contributed by atoms with Gasteiger partial charge in [-0.1, -0.05) is 0 Å². The van der Waals surface area contributed by atoms with E-state index >= 15 is 0 Å². The first-order chi connectivity index (χ1) is 3.13. The molecule has 0 aromatic heterocycles. The molecule has 0 spiro atoms. The molecule has 44 valence electrons. The smallest absolute Gasteiger partial charge is 1.00 e. The summed E-state index contributed by atoms with van der Waals surface area (Å²) in [4.78, 5) is 9.61. The van der Waals surface area contributed by atoms with Crippen LogP contribution in [0.4, 0.5) is 0 Å². The molecule has 2 N–H and O–H groups in total. The number of carboxylic acids is 1. The molecule has 0 bridgehead atoms. The van der Waals surface area contributed by atoms with Crippen molar-refractivity contribution in [3.63, 3.8) is 0 Å². The Balaban J connectivity index is -0.000000180. The fraction of sp³-hybridized carbons (Fsp3) is 0.667. The Morgan fingerprint density at radius 1 is 1.88 bits per heavy atom. The molecule has 0 atom stereocenters. The molecule has 0 radical (unpaired) electrons. The second-order valence-corrected chi connectivity index (χ2v) is 1.21. The molecule has 0 unspecified atom stereocenters. The average molecular weight is 129 g/mol. The van der Waals surface area contributed by atoms with Crippen LogP contribution >= 0.6 is 0 Å². The summed E-state index contributed by atoms with van der Waals surface area (Å²) < 4.78 is 0. The van der Waals surface area contributed by atoms with Crippen molar-refractivity contribution in [2.24, 2.45) is 0 Å². The van der Waals surface area contributed by atoms with Crippen LogP contribution in [0.3, 0.4) is 0 Å². The first kappa shape index (κ1) is 11.2. The van der Waals surface area contributed by atoms with Crippen molar-refractivity contribution in [3.05, 3.63) is 0 Å². The maximum absolute atomic E-state index is 9.61. The van der Waals surface area contributed by atoms with E-state index in [1.807, 2.05) is 0 Å². The molecule has 0 aliphatic heterocycles. The molecular weight excluding hydrogens is 121 g/mol. The van der Waals surface area contributed by atoms with Gasteiger partial charge in [-0.15, -0.1) is 0 Å². The fourth-order valence-electron chi connectivity index (χ4n) is 0.196. The van der Waals surface area contributed by atoms with Gasteiger partial charge in [-0.05, 0) is 0 Å². The summed E-state index contributed by atoms with van der Waals surface area (Å²) in [6.45, 7) is -0.333. The Labute approximate surface area is 70.8 Å². The zero-order valence-electron chi connectivity index (χ0n) is 5.96. The van der Waals surface area contributed by atoms with Gasteiger partial charge in [0.2, 0.25) is 0 Å². The van der Waals surface area contributed by atoms with Crippen molar-refractivity contribution in [1.82, 2.24) is 5.06 Å².